The molecule has 0 saturated carbocycles. The van der Waals surface area contributed by atoms with E-state index in [9.17, 15) is 0 Å². The van der Waals surface area contributed by atoms with E-state index in [1.165, 1.54) is 4.80 Å². The van der Waals surface area contributed by atoms with Gasteiger partial charge in [-0.05, 0) is 12.1 Å². The van der Waals surface area contributed by atoms with Crippen LogP contribution in [-0.4, -0.2) is 20.0 Å². The van der Waals surface area contributed by atoms with Crippen LogP contribution < -0.4 is 4.74 Å². The number of nitrogens with zero attached hydrogens (tertiary/aromatic N) is 4. The second-order valence-corrected chi connectivity index (χ2v) is 3.26. The summed E-state index contributed by atoms with van der Waals surface area (Å²) in [6, 6.07) is 3.52. The summed E-state index contributed by atoms with van der Waals surface area (Å²) in [4.78, 5) is 5.37. The molecule has 78 valence electrons. The van der Waals surface area contributed by atoms with Crippen LogP contribution in [0.4, 0.5) is 0 Å². The van der Waals surface area contributed by atoms with Gasteiger partial charge in [-0.3, -0.25) is 0 Å². The molecule has 2 aromatic heterocycles. The lowest BCUT2D eigenvalue weighted by molar-refractivity contribution is 0.299. The highest BCUT2D eigenvalue weighted by molar-refractivity contribution is 6.30. The molecular formula is C9H9ClN4O. The standard InChI is InChI=1S/C9H9ClN4O/c1-14-12-5-7(13-14)6-15-8-3-2-4-11-9(8)10/h2-5H,6H2,1H3. The van der Waals surface area contributed by atoms with E-state index in [-0.39, 0.29) is 0 Å². The largest absolute Gasteiger partial charge is 0.484 e. The Hall–Kier alpha value is -1.62. The van der Waals surface area contributed by atoms with Gasteiger partial charge in [0.25, 0.3) is 0 Å². The normalized spacial score (nSPS) is 10.3. The average Bonchev–Trinajstić information content (AvgIpc) is 2.63. The van der Waals surface area contributed by atoms with E-state index in [0.717, 1.165) is 5.69 Å². The van der Waals surface area contributed by atoms with Crippen molar-refractivity contribution < 1.29 is 4.74 Å². The van der Waals surface area contributed by atoms with Gasteiger partial charge < -0.3 is 4.74 Å². The number of rotatable bonds is 3. The molecule has 0 aromatic carbocycles. The molecule has 0 spiro atoms. The van der Waals surface area contributed by atoms with Crippen LogP contribution in [0, 0.1) is 0 Å². The zero-order chi connectivity index (χ0) is 10.7. The molecule has 0 aliphatic heterocycles. The second kappa shape index (κ2) is 4.27. The minimum Gasteiger partial charge on any atom is -0.484 e. The van der Waals surface area contributed by atoms with Crippen LogP contribution in [0.1, 0.15) is 5.69 Å². The SMILES string of the molecule is Cn1ncc(COc2cccnc2Cl)n1. The van der Waals surface area contributed by atoms with Gasteiger partial charge >= 0.3 is 0 Å². The molecule has 5 nitrogen and oxygen atoms in total. The summed E-state index contributed by atoms with van der Waals surface area (Å²) >= 11 is 5.82. The molecule has 0 unspecified atom stereocenters. The maximum Gasteiger partial charge on any atom is 0.171 e. The summed E-state index contributed by atoms with van der Waals surface area (Å²) < 4.78 is 5.43. The number of hydrogen-bond donors (Lipinski definition) is 0. The Morgan fingerprint density at radius 3 is 3.07 bits per heavy atom. The molecule has 0 fully saturated rings. The predicted molar refractivity (Wildman–Crippen MR) is 54.6 cm³/mol. The highest BCUT2D eigenvalue weighted by Gasteiger charge is 2.03. The first-order chi connectivity index (χ1) is 7.25. The van der Waals surface area contributed by atoms with Crippen molar-refractivity contribution in [2.75, 3.05) is 0 Å². The van der Waals surface area contributed by atoms with Crippen molar-refractivity contribution in [2.24, 2.45) is 7.05 Å². The van der Waals surface area contributed by atoms with Crippen LogP contribution in [0.2, 0.25) is 5.15 Å². The molecule has 0 amide bonds. The van der Waals surface area contributed by atoms with Gasteiger partial charge in [0, 0.05) is 13.2 Å². The van der Waals surface area contributed by atoms with Crippen molar-refractivity contribution in [2.45, 2.75) is 6.61 Å². The smallest absolute Gasteiger partial charge is 0.171 e. The number of aryl methyl sites for hydroxylation is 1. The number of ether oxygens (including phenoxy) is 1. The van der Waals surface area contributed by atoms with E-state index in [0.29, 0.717) is 17.5 Å². The van der Waals surface area contributed by atoms with Gasteiger partial charge in [-0.15, -0.1) is 0 Å². The molecule has 0 radical (unpaired) electrons. The van der Waals surface area contributed by atoms with Gasteiger partial charge in [-0.1, -0.05) is 11.6 Å². The average molecular weight is 225 g/mol. The van der Waals surface area contributed by atoms with Crippen LogP contribution in [0.25, 0.3) is 0 Å². The summed E-state index contributed by atoms with van der Waals surface area (Å²) in [5, 5.41) is 8.35. The molecule has 2 aromatic rings. The molecule has 2 heterocycles. The molecule has 2 rings (SSSR count). The summed E-state index contributed by atoms with van der Waals surface area (Å²) in [7, 11) is 1.75. The number of pyridine rings is 1. The van der Waals surface area contributed by atoms with Crippen molar-refractivity contribution in [3.05, 3.63) is 35.4 Å². The first-order valence-corrected chi connectivity index (χ1v) is 4.72. The monoisotopic (exact) mass is 224 g/mol. The molecule has 15 heavy (non-hydrogen) atoms. The van der Waals surface area contributed by atoms with Crippen LogP contribution in [0.5, 0.6) is 5.75 Å². The van der Waals surface area contributed by atoms with E-state index < -0.39 is 0 Å². The lowest BCUT2D eigenvalue weighted by atomic mass is 10.4. The molecule has 6 heteroatoms. The van der Waals surface area contributed by atoms with E-state index in [2.05, 4.69) is 15.2 Å². The summed E-state index contributed by atoms with van der Waals surface area (Å²) in [5.41, 5.74) is 0.748. The Kier molecular flexibility index (Phi) is 2.82. The molecule has 0 aliphatic rings. The highest BCUT2D eigenvalue weighted by Crippen LogP contribution is 2.20. The molecule has 0 bridgehead atoms. The highest BCUT2D eigenvalue weighted by atomic mass is 35.5. The maximum atomic E-state index is 5.82. The van der Waals surface area contributed by atoms with Crippen molar-refractivity contribution >= 4 is 11.6 Å². The fraction of sp³-hybridized carbons (Fsp3) is 0.222. The Morgan fingerprint density at radius 1 is 1.53 bits per heavy atom. The Labute approximate surface area is 91.7 Å². The fourth-order valence-corrected chi connectivity index (χ4v) is 1.26. The first-order valence-electron chi connectivity index (χ1n) is 4.34. The van der Waals surface area contributed by atoms with E-state index in [1.54, 1.807) is 31.6 Å². The van der Waals surface area contributed by atoms with Crippen molar-refractivity contribution in [1.29, 1.82) is 0 Å². The quantitative estimate of drug-likeness (QED) is 0.741. The molecule has 0 aliphatic carbocycles. The minimum absolute atomic E-state index is 0.333. The van der Waals surface area contributed by atoms with Crippen molar-refractivity contribution in [3.8, 4) is 5.75 Å². The zero-order valence-corrected chi connectivity index (χ0v) is 8.85. The third-order valence-corrected chi connectivity index (χ3v) is 2.03. The number of halogens is 1. The number of aromatic nitrogens is 4. The lowest BCUT2D eigenvalue weighted by Gasteiger charge is -2.04. The first kappa shape index (κ1) is 9.92. The number of hydrogen-bond acceptors (Lipinski definition) is 4. The molecule has 0 atom stereocenters. The van der Waals surface area contributed by atoms with Gasteiger partial charge in [0.1, 0.15) is 12.3 Å². The second-order valence-electron chi connectivity index (χ2n) is 2.91. The van der Waals surface area contributed by atoms with Crippen molar-refractivity contribution in [3.63, 3.8) is 0 Å². The van der Waals surface area contributed by atoms with Gasteiger partial charge in [0.05, 0.1) is 6.20 Å². The maximum absolute atomic E-state index is 5.82. The van der Waals surface area contributed by atoms with Crippen molar-refractivity contribution in [1.82, 2.24) is 20.0 Å². The Morgan fingerprint density at radius 2 is 2.40 bits per heavy atom. The van der Waals surface area contributed by atoms with Crippen LogP contribution in [0.15, 0.2) is 24.5 Å². The molecular weight excluding hydrogens is 216 g/mol. The predicted octanol–water partition coefficient (Wildman–Crippen LogP) is 1.44. The topological polar surface area (TPSA) is 52.8 Å². The summed E-state index contributed by atoms with van der Waals surface area (Å²) in [6.45, 7) is 0.333. The van der Waals surface area contributed by atoms with E-state index in [1.807, 2.05) is 0 Å². The minimum atomic E-state index is 0.333. The van der Waals surface area contributed by atoms with Gasteiger partial charge in [-0.2, -0.15) is 15.0 Å². The molecule has 0 N–H and O–H groups in total. The van der Waals surface area contributed by atoms with E-state index >= 15 is 0 Å². The third-order valence-electron chi connectivity index (χ3n) is 1.75. The van der Waals surface area contributed by atoms with Crippen LogP contribution in [-0.2, 0) is 13.7 Å². The zero-order valence-electron chi connectivity index (χ0n) is 8.09. The lowest BCUT2D eigenvalue weighted by Crippen LogP contribution is -1.99. The third kappa shape index (κ3) is 2.44. The van der Waals surface area contributed by atoms with Crippen LogP contribution in [0.3, 0.4) is 0 Å². The van der Waals surface area contributed by atoms with Gasteiger partial charge in [0.2, 0.25) is 0 Å². The summed E-state index contributed by atoms with van der Waals surface area (Å²) in [5.74, 6) is 0.546. The van der Waals surface area contributed by atoms with E-state index in [4.69, 9.17) is 16.3 Å². The summed E-state index contributed by atoms with van der Waals surface area (Å²) in [6.07, 6.45) is 3.25. The molecule has 0 saturated heterocycles. The van der Waals surface area contributed by atoms with Gasteiger partial charge in [0.15, 0.2) is 10.9 Å². The van der Waals surface area contributed by atoms with Gasteiger partial charge in [-0.25, -0.2) is 4.98 Å². The Bertz CT molecular complexity index is 457. The fourth-order valence-electron chi connectivity index (χ4n) is 1.08. The Balaban J connectivity index is 2.02. The van der Waals surface area contributed by atoms with Crippen LogP contribution >= 0.6 is 11.6 Å².